The van der Waals surface area contributed by atoms with Gasteiger partial charge in [-0.05, 0) is 32.3 Å². The number of pyridine rings is 1. The van der Waals surface area contributed by atoms with E-state index in [4.69, 9.17) is 0 Å². The van der Waals surface area contributed by atoms with Crippen LogP contribution in [0.25, 0.3) is 0 Å². The van der Waals surface area contributed by atoms with Crippen LogP contribution in [0.4, 0.5) is 8.78 Å². The fourth-order valence-corrected chi connectivity index (χ4v) is 3.81. The molecule has 1 aliphatic heterocycles. The third-order valence-corrected chi connectivity index (χ3v) is 6.33. The van der Waals surface area contributed by atoms with E-state index in [0.29, 0.717) is 25.2 Å². The second-order valence-corrected chi connectivity index (χ2v) is 8.78. The van der Waals surface area contributed by atoms with Gasteiger partial charge >= 0.3 is 0 Å². The van der Waals surface area contributed by atoms with Crippen LogP contribution in [0.1, 0.15) is 90.5 Å². The number of nitrogens with one attached hydrogen (secondary N) is 1. The lowest BCUT2D eigenvalue weighted by atomic mass is 10.00. The van der Waals surface area contributed by atoms with Crippen molar-refractivity contribution in [1.82, 2.24) is 14.8 Å². The summed E-state index contributed by atoms with van der Waals surface area (Å²) in [5.41, 5.74) is -1.08. The summed E-state index contributed by atoms with van der Waals surface area (Å²) in [6, 6.07) is 2.32. The average molecular weight is 492 g/mol. The Labute approximate surface area is 204 Å². The fourth-order valence-electron chi connectivity index (χ4n) is 3.81. The molecule has 1 atom stereocenters. The van der Waals surface area contributed by atoms with Gasteiger partial charge in [-0.25, -0.2) is 8.78 Å². The first-order valence-corrected chi connectivity index (χ1v) is 12.0. The van der Waals surface area contributed by atoms with E-state index in [0.717, 1.165) is 6.07 Å². The quantitative estimate of drug-likeness (QED) is 0.624. The minimum Gasteiger partial charge on any atom is -0.503 e. The number of amides is 2. The molecular formula is C26H35F2N3O4. The Morgan fingerprint density at radius 2 is 1.83 bits per heavy atom. The van der Waals surface area contributed by atoms with Gasteiger partial charge in [-0.15, -0.1) is 0 Å². The first-order valence-electron chi connectivity index (χ1n) is 12.0. The predicted molar refractivity (Wildman–Crippen MR) is 131 cm³/mol. The normalized spacial score (nSPS) is 14.1. The molecule has 9 heteroatoms. The Balaban J connectivity index is 0.00000100. The highest BCUT2D eigenvalue weighted by molar-refractivity contribution is 5.99. The first kappa shape index (κ1) is 28.0. The summed E-state index contributed by atoms with van der Waals surface area (Å²) in [6.45, 7) is 9.72. The Morgan fingerprint density at radius 1 is 1.20 bits per heavy atom. The van der Waals surface area contributed by atoms with Crippen LogP contribution in [0.15, 0.2) is 16.9 Å². The third-order valence-electron chi connectivity index (χ3n) is 6.33. The molecular weight excluding hydrogens is 456 g/mol. The minimum atomic E-state index is -0.943. The summed E-state index contributed by atoms with van der Waals surface area (Å²) >= 11 is 0. The van der Waals surface area contributed by atoms with Crippen LogP contribution in [-0.4, -0.2) is 40.0 Å². The molecule has 0 saturated heterocycles. The molecule has 192 valence electrons. The second kappa shape index (κ2) is 12.0. The van der Waals surface area contributed by atoms with Crippen molar-refractivity contribution in [1.29, 1.82) is 0 Å². The number of fused-ring (bicyclic) bond motifs is 1. The van der Waals surface area contributed by atoms with Gasteiger partial charge < -0.3 is 19.9 Å². The Morgan fingerprint density at radius 3 is 2.40 bits per heavy atom. The van der Waals surface area contributed by atoms with Gasteiger partial charge in [-0.3, -0.25) is 14.4 Å². The lowest BCUT2D eigenvalue weighted by molar-refractivity contribution is 0.0785. The molecule has 0 aliphatic carbocycles. The number of aromatic nitrogens is 1. The van der Waals surface area contributed by atoms with E-state index in [1.54, 1.807) is 14.0 Å². The summed E-state index contributed by atoms with van der Waals surface area (Å²) in [4.78, 5) is 39.9. The lowest BCUT2D eigenvalue weighted by Gasteiger charge is -2.21. The van der Waals surface area contributed by atoms with Crippen LogP contribution < -0.4 is 10.7 Å². The van der Waals surface area contributed by atoms with Gasteiger partial charge in [0.1, 0.15) is 17.2 Å². The summed E-state index contributed by atoms with van der Waals surface area (Å²) < 4.78 is 29.2. The number of unbranched alkanes of at least 4 members (excludes halogenated alkanes) is 1. The smallest absolute Gasteiger partial charge is 0.274 e. The monoisotopic (exact) mass is 491 g/mol. The molecule has 0 spiro atoms. The van der Waals surface area contributed by atoms with E-state index < -0.39 is 34.6 Å². The summed E-state index contributed by atoms with van der Waals surface area (Å²) in [7, 11) is 1.55. The molecule has 2 N–H and O–H groups in total. The van der Waals surface area contributed by atoms with Crippen molar-refractivity contribution < 1.29 is 23.5 Å². The van der Waals surface area contributed by atoms with Crippen LogP contribution in [0, 0.1) is 18.6 Å². The van der Waals surface area contributed by atoms with Gasteiger partial charge in [-0.1, -0.05) is 39.7 Å². The molecule has 2 heterocycles. The van der Waals surface area contributed by atoms with Gasteiger partial charge in [-0.2, -0.15) is 0 Å². The van der Waals surface area contributed by atoms with Crippen molar-refractivity contribution in [2.75, 3.05) is 13.6 Å². The van der Waals surface area contributed by atoms with Crippen LogP contribution in [-0.2, 0) is 13.1 Å². The Bertz CT molecular complexity index is 1160. The molecule has 3 rings (SSSR count). The molecule has 1 aromatic carbocycles. The molecule has 0 bridgehead atoms. The third kappa shape index (κ3) is 5.71. The zero-order valence-corrected chi connectivity index (χ0v) is 21.3. The molecule has 1 aliphatic rings. The van der Waals surface area contributed by atoms with E-state index in [1.807, 2.05) is 6.92 Å². The van der Waals surface area contributed by atoms with E-state index in [2.05, 4.69) is 19.2 Å². The molecule has 0 saturated carbocycles. The summed E-state index contributed by atoms with van der Waals surface area (Å²) in [5, 5.41) is 13.0. The maximum atomic E-state index is 14.3. The summed E-state index contributed by atoms with van der Waals surface area (Å²) in [5.74, 6) is -3.75. The average Bonchev–Trinajstić information content (AvgIpc) is 3.22. The molecule has 7 nitrogen and oxygen atoms in total. The van der Waals surface area contributed by atoms with Crippen molar-refractivity contribution in [3.63, 3.8) is 0 Å². The number of carbonyl (C=O) groups is 2. The minimum absolute atomic E-state index is 0.0673. The van der Waals surface area contributed by atoms with E-state index >= 15 is 0 Å². The fraction of sp³-hybridized carbons (Fsp3) is 0.500. The molecule has 35 heavy (non-hydrogen) atoms. The van der Waals surface area contributed by atoms with E-state index in [1.165, 1.54) is 35.3 Å². The van der Waals surface area contributed by atoms with Gasteiger partial charge in [0, 0.05) is 43.5 Å². The van der Waals surface area contributed by atoms with Crippen molar-refractivity contribution in [3.8, 4) is 5.75 Å². The number of carbonyl (C=O) groups excluding carboxylic acids is 2. The van der Waals surface area contributed by atoms with E-state index in [9.17, 15) is 28.3 Å². The van der Waals surface area contributed by atoms with Crippen molar-refractivity contribution in [2.45, 2.75) is 72.9 Å². The SMILES string of the molecule is CCCC.CCN(C)C(=O)c1c(O)c(=O)c(C(=O)NCc2ccc(F)c(C)c2F)c2n1CCC2C. The molecule has 2 amide bonds. The van der Waals surface area contributed by atoms with Gasteiger partial charge in [0.15, 0.2) is 11.4 Å². The number of nitrogens with zero attached hydrogens (tertiary/aromatic N) is 2. The number of halogens is 2. The highest BCUT2D eigenvalue weighted by atomic mass is 19.1. The Hall–Kier alpha value is -3.23. The molecule has 0 radical (unpaired) electrons. The zero-order valence-electron chi connectivity index (χ0n) is 21.3. The highest BCUT2D eigenvalue weighted by Crippen LogP contribution is 2.33. The number of hydrogen-bond donors (Lipinski definition) is 2. The first-order chi connectivity index (χ1) is 16.5. The summed E-state index contributed by atoms with van der Waals surface area (Å²) in [6.07, 6.45) is 3.23. The standard InChI is InChI=1S/C22H25F2N3O4.C4H10/c1-5-26(4)22(31)18-20(29)19(28)15(17-11(2)8-9-27(17)18)21(30)25-10-13-6-7-14(23)12(3)16(13)24;1-3-4-2/h6-7,11,29H,5,8-10H2,1-4H3,(H,25,30);3-4H2,1-2H3. The van der Waals surface area contributed by atoms with Gasteiger partial charge in [0.05, 0.1) is 0 Å². The molecule has 1 unspecified atom stereocenters. The van der Waals surface area contributed by atoms with Crippen LogP contribution in [0.3, 0.4) is 0 Å². The predicted octanol–water partition coefficient (Wildman–Crippen LogP) is 4.48. The number of aromatic hydroxyl groups is 1. The molecule has 2 aromatic rings. The largest absolute Gasteiger partial charge is 0.503 e. The van der Waals surface area contributed by atoms with Gasteiger partial charge in [0.25, 0.3) is 11.8 Å². The number of rotatable bonds is 6. The van der Waals surface area contributed by atoms with Crippen molar-refractivity contribution in [3.05, 3.63) is 62.1 Å². The molecule has 1 aromatic heterocycles. The number of hydrogen-bond acceptors (Lipinski definition) is 4. The lowest BCUT2D eigenvalue weighted by Crippen LogP contribution is -2.35. The zero-order chi connectivity index (χ0) is 26.4. The van der Waals surface area contributed by atoms with Crippen LogP contribution in [0.5, 0.6) is 5.75 Å². The Kier molecular flexibility index (Phi) is 9.56. The van der Waals surface area contributed by atoms with Crippen molar-refractivity contribution >= 4 is 11.8 Å². The topological polar surface area (TPSA) is 91.6 Å². The van der Waals surface area contributed by atoms with Crippen LogP contribution >= 0.6 is 0 Å². The maximum absolute atomic E-state index is 14.3. The van der Waals surface area contributed by atoms with Gasteiger partial charge in [0.2, 0.25) is 5.43 Å². The highest BCUT2D eigenvalue weighted by Gasteiger charge is 2.35. The second-order valence-electron chi connectivity index (χ2n) is 8.78. The van der Waals surface area contributed by atoms with Crippen molar-refractivity contribution in [2.24, 2.45) is 0 Å². The van der Waals surface area contributed by atoms with Crippen LogP contribution in [0.2, 0.25) is 0 Å². The molecule has 0 fully saturated rings. The maximum Gasteiger partial charge on any atom is 0.274 e. The van der Waals surface area contributed by atoms with E-state index in [-0.39, 0.29) is 34.8 Å². The number of benzene rings is 1.